The number of rotatable bonds is 14. The molecule has 1 heterocycles. The van der Waals surface area contributed by atoms with Gasteiger partial charge in [-0.05, 0) is 25.5 Å². The molecule has 4 nitrogen and oxygen atoms in total. The Morgan fingerprint density at radius 3 is 1.80 bits per heavy atom. The van der Waals surface area contributed by atoms with Gasteiger partial charge in [-0.25, -0.2) is 4.57 Å². The zero-order chi connectivity index (χ0) is 21.0. The van der Waals surface area contributed by atoms with Crippen LogP contribution in [0.3, 0.4) is 0 Å². The number of aryl methyl sites for hydroxylation is 2. The summed E-state index contributed by atoms with van der Waals surface area (Å²) in [5, 5.41) is 0. The standard InChI is InChI=1S/C24H36NO3S.ClH/c1-3-4-5-6-7-8-9-10-11-12-19-25-20-17-23(18-21-25)28-29(26,27)24-15-13-22(2)14-16-24;/h13-18,20-21H,3-12,19H2,1-2H3;1H/q+1;/p-1. The van der Waals surface area contributed by atoms with Crippen molar-refractivity contribution in [1.82, 2.24) is 0 Å². The number of unbranched alkanes of at least 4 members (excludes halogenated alkanes) is 9. The lowest BCUT2D eigenvalue weighted by molar-refractivity contribution is -0.697. The number of hydrogen-bond donors (Lipinski definition) is 0. The van der Waals surface area contributed by atoms with Crippen molar-refractivity contribution >= 4 is 10.1 Å². The summed E-state index contributed by atoms with van der Waals surface area (Å²) in [6.45, 7) is 5.12. The fourth-order valence-corrected chi connectivity index (χ4v) is 4.24. The maximum atomic E-state index is 12.3. The Kier molecular flexibility index (Phi) is 12.7. The Bertz CT molecular complexity index is 805. The van der Waals surface area contributed by atoms with Crippen LogP contribution in [-0.2, 0) is 16.7 Å². The van der Waals surface area contributed by atoms with Crippen LogP contribution in [0.25, 0.3) is 0 Å². The maximum absolute atomic E-state index is 12.3. The van der Waals surface area contributed by atoms with Crippen LogP contribution in [0.15, 0.2) is 53.7 Å². The monoisotopic (exact) mass is 453 g/mol. The molecule has 0 aliphatic carbocycles. The molecule has 0 saturated carbocycles. The van der Waals surface area contributed by atoms with Crippen molar-refractivity contribution in [2.75, 3.05) is 0 Å². The van der Waals surface area contributed by atoms with E-state index in [9.17, 15) is 8.42 Å². The van der Waals surface area contributed by atoms with E-state index in [0.717, 1.165) is 18.5 Å². The third-order valence-corrected chi connectivity index (χ3v) is 6.41. The zero-order valence-electron chi connectivity index (χ0n) is 18.4. The van der Waals surface area contributed by atoms with Crippen LogP contribution in [-0.4, -0.2) is 8.42 Å². The fraction of sp³-hybridized carbons (Fsp3) is 0.542. The first-order chi connectivity index (χ1) is 14.0. The van der Waals surface area contributed by atoms with Gasteiger partial charge in [-0.1, -0.05) is 76.0 Å². The number of nitrogens with zero attached hydrogens (tertiary/aromatic N) is 1. The van der Waals surface area contributed by atoms with E-state index in [4.69, 9.17) is 4.18 Å². The topological polar surface area (TPSA) is 47.2 Å². The van der Waals surface area contributed by atoms with Gasteiger partial charge in [-0.2, -0.15) is 8.42 Å². The van der Waals surface area contributed by atoms with Gasteiger partial charge in [-0.3, -0.25) is 0 Å². The highest BCUT2D eigenvalue weighted by Crippen LogP contribution is 2.18. The Morgan fingerprint density at radius 2 is 1.27 bits per heavy atom. The number of benzene rings is 1. The summed E-state index contributed by atoms with van der Waals surface area (Å²) < 4.78 is 32.0. The Labute approximate surface area is 189 Å². The molecule has 0 aliphatic rings. The lowest BCUT2D eigenvalue weighted by Gasteiger charge is -2.07. The highest BCUT2D eigenvalue weighted by atomic mass is 35.5. The highest BCUT2D eigenvalue weighted by molar-refractivity contribution is 7.87. The van der Waals surface area contributed by atoms with Gasteiger partial charge < -0.3 is 16.6 Å². The Morgan fingerprint density at radius 1 is 0.767 bits per heavy atom. The molecule has 1 aromatic carbocycles. The van der Waals surface area contributed by atoms with Crippen LogP contribution in [0.5, 0.6) is 5.75 Å². The number of aromatic nitrogens is 1. The second-order valence-electron chi connectivity index (χ2n) is 7.80. The average Bonchev–Trinajstić information content (AvgIpc) is 2.71. The van der Waals surface area contributed by atoms with E-state index < -0.39 is 10.1 Å². The third kappa shape index (κ3) is 9.94. The predicted molar refractivity (Wildman–Crippen MR) is 117 cm³/mol. The van der Waals surface area contributed by atoms with Crippen molar-refractivity contribution in [3.63, 3.8) is 0 Å². The Balaban J connectivity index is 0.00000450. The molecule has 168 valence electrons. The first-order valence-electron chi connectivity index (χ1n) is 11.0. The van der Waals surface area contributed by atoms with Crippen molar-refractivity contribution in [1.29, 1.82) is 0 Å². The van der Waals surface area contributed by atoms with Crippen molar-refractivity contribution in [2.45, 2.75) is 89.5 Å². The summed E-state index contributed by atoms with van der Waals surface area (Å²) in [5.74, 6) is 0.338. The summed E-state index contributed by atoms with van der Waals surface area (Å²) in [5.41, 5.74) is 1.01. The summed E-state index contributed by atoms with van der Waals surface area (Å²) in [4.78, 5) is 0.171. The predicted octanol–water partition coefficient (Wildman–Crippen LogP) is 2.98. The molecule has 0 aliphatic heterocycles. The molecule has 1 aromatic heterocycles. The summed E-state index contributed by atoms with van der Waals surface area (Å²) >= 11 is 0. The minimum atomic E-state index is -3.79. The highest BCUT2D eigenvalue weighted by Gasteiger charge is 2.17. The molecular weight excluding hydrogens is 418 g/mol. The largest absolute Gasteiger partial charge is 1.00 e. The van der Waals surface area contributed by atoms with E-state index >= 15 is 0 Å². The van der Waals surface area contributed by atoms with E-state index in [1.807, 2.05) is 19.3 Å². The Hall–Kier alpha value is -1.59. The van der Waals surface area contributed by atoms with Gasteiger partial charge in [0.25, 0.3) is 0 Å². The van der Waals surface area contributed by atoms with Crippen molar-refractivity contribution in [3.05, 3.63) is 54.4 Å². The fourth-order valence-electron chi connectivity index (χ4n) is 3.31. The molecule has 30 heavy (non-hydrogen) atoms. The molecule has 2 rings (SSSR count). The number of hydrogen-bond acceptors (Lipinski definition) is 3. The summed E-state index contributed by atoms with van der Waals surface area (Å²) in [7, 11) is -3.79. The van der Waals surface area contributed by atoms with Gasteiger partial charge in [0, 0.05) is 18.6 Å². The number of pyridine rings is 1. The summed E-state index contributed by atoms with van der Waals surface area (Å²) in [6.07, 6.45) is 17.0. The smallest absolute Gasteiger partial charge is 0.339 e. The first-order valence-corrected chi connectivity index (χ1v) is 12.4. The van der Waals surface area contributed by atoms with Crippen molar-refractivity contribution in [2.24, 2.45) is 0 Å². The SMILES string of the molecule is CCCCCCCCCCCC[n+]1ccc(OS(=O)(=O)c2ccc(C)cc2)cc1.[Cl-]. The molecule has 0 unspecified atom stereocenters. The minimum Gasteiger partial charge on any atom is -1.00 e. The molecule has 0 bridgehead atoms. The van der Waals surface area contributed by atoms with Gasteiger partial charge in [0.2, 0.25) is 0 Å². The van der Waals surface area contributed by atoms with Crippen LogP contribution >= 0.6 is 0 Å². The molecule has 0 amide bonds. The van der Waals surface area contributed by atoms with E-state index in [1.165, 1.54) is 57.8 Å². The average molecular weight is 454 g/mol. The van der Waals surface area contributed by atoms with Crippen LogP contribution < -0.4 is 21.2 Å². The maximum Gasteiger partial charge on any atom is 0.339 e. The molecule has 2 aromatic rings. The second-order valence-corrected chi connectivity index (χ2v) is 9.35. The molecule has 6 heteroatoms. The van der Waals surface area contributed by atoms with Crippen LogP contribution in [0.2, 0.25) is 0 Å². The van der Waals surface area contributed by atoms with Gasteiger partial charge >= 0.3 is 10.1 Å². The second kappa shape index (κ2) is 14.4. The lowest BCUT2D eigenvalue weighted by Crippen LogP contribution is -3.00. The van der Waals surface area contributed by atoms with E-state index in [-0.39, 0.29) is 17.3 Å². The zero-order valence-corrected chi connectivity index (χ0v) is 19.9. The normalized spacial score (nSPS) is 11.1. The molecule has 0 spiro atoms. The minimum absolute atomic E-state index is 0. The van der Waals surface area contributed by atoms with Crippen LogP contribution in [0.4, 0.5) is 0 Å². The summed E-state index contributed by atoms with van der Waals surface area (Å²) in [6, 6.07) is 10.1. The van der Waals surface area contributed by atoms with Gasteiger partial charge in [0.15, 0.2) is 18.1 Å². The van der Waals surface area contributed by atoms with E-state index in [0.29, 0.717) is 5.75 Å². The molecular formula is C24H36ClNO3S. The van der Waals surface area contributed by atoms with Crippen LogP contribution in [0, 0.1) is 6.92 Å². The van der Waals surface area contributed by atoms with Crippen molar-refractivity contribution in [3.8, 4) is 5.75 Å². The number of halogens is 1. The molecule has 0 N–H and O–H groups in total. The first kappa shape index (κ1) is 26.4. The lowest BCUT2D eigenvalue weighted by atomic mass is 10.1. The third-order valence-electron chi connectivity index (χ3n) is 5.15. The molecule has 0 saturated heterocycles. The molecule has 0 atom stereocenters. The van der Waals surface area contributed by atoms with E-state index in [1.54, 1.807) is 36.4 Å². The molecule has 0 fully saturated rings. The quantitative estimate of drug-likeness (QED) is 0.251. The van der Waals surface area contributed by atoms with Gasteiger partial charge in [0.1, 0.15) is 11.4 Å². The van der Waals surface area contributed by atoms with Gasteiger partial charge in [0.05, 0.1) is 0 Å². The van der Waals surface area contributed by atoms with Crippen molar-refractivity contribution < 1.29 is 29.6 Å². The van der Waals surface area contributed by atoms with Crippen LogP contribution in [0.1, 0.15) is 76.7 Å². The van der Waals surface area contributed by atoms with E-state index in [2.05, 4.69) is 11.5 Å². The van der Waals surface area contributed by atoms with Gasteiger partial charge in [-0.15, -0.1) is 0 Å². The molecule has 0 radical (unpaired) electrons.